The number of benzene rings is 3. The molecule has 5 nitrogen and oxygen atoms in total. The standard InChI is InChI=1S/C33H38Cl2FN3O2/c1-22(2)41-27-6-4-5-24(17-27)32(40)38(3)20-25(23-7-9-29(34)30(35)18-23)11-16-39-21-33(12-14-37-15-13-33)28-19-26(36)8-10-31(28)39/h4-10,17-19,22,25,37H,11-16,20-21H2,1-3H3/t25-/m1/s1. The molecule has 2 aliphatic heterocycles. The second kappa shape index (κ2) is 12.6. The molecular weight excluding hydrogens is 560 g/mol. The highest BCUT2D eigenvalue weighted by molar-refractivity contribution is 6.42. The molecule has 1 atom stereocenters. The van der Waals surface area contributed by atoms with Crippen LogP contribution in [-0.4, -0.2) is 56.7 Å². The van der Waals surface area contributed by atoms with Gasteiger partial charge in [-0.25, -0.2) is 4.39 Å². The first kappa shape index (κ1) is 29.7. The van der Waals surface area contributed by atoms with Gasteiger partial charge in [-0.05, 0) is 106 Å². The minimum absolute atomic E-state index is 0.0160. The van der Waals surface area contributed by atoms with Gasteiger partial charge < -0.3 is 19.9 Å². The number of piperidine rings is 1. The van der Waals surface area contributed by atoms with Crippen LogP contribution >= 0.6 is 23.2 Å². The molecule has 218 valence electrons. The highest BCUT2D eigenvalue weighted by atomic mass is 35.5. The van der Waals surface area contributed by atoms with E-state index in [9.17, 15) is 9.18 Å². The molecule has 2 aliphatic rings. The lowest BCUT2D eigenvalue weighted by molar-refractivity contribution is 0.0784. The smallest absolute Gasteiger partial charge is 0.253 e. The van der Waals surface area contributed by atoms with Gasteiger partial charge in [0, 0.05) is 49.3 Å². The van der Waals surface area contributed by atoms with Gasteiger partial charge >= 0.3 is 0 Å². The number of rotatable bonds is 9. The third-order valence-electron chi connectivity index (χ3n) is 8.38. The van der Waals surface area contributed by atoms with Crippen molar-refractivity contribution in [3.8, 4) is 5.75 Å². The van der Waals surface area contributed by atoms with Gasteiger partial charge in [-0.2, -0.15) is 0 Å². The van der Waals surface area contributed by atoms with Crippen LogP contribution in [0.15, 0.2) is 60.7 Å². The molecule has 0 bridgehead atoms. The maximum absolute atomic E-state index is 14.4. The molecule has 5 rings (SSSR count). The molecule has 2 heterocycles. The van der Waals surface area contributed by atoms with E-state index >= 15 is 0 Å². The SMILES string of the molecule is CC(C)Oc1cccc(C(=O)N(C)C[C@@H](CCN2CC3(CCNCC3)c3cc(F)ccc32)c2ccc(Cl)c(Cl)c2)c1. The minimum atomic E-state index is -0.180. The summed E-state index contributed by atoms with van der Waals surface area (Å²) in [7, 11) is 1.83. The van der Waals surface area contributed by atoms with Crippen molar-refractivity contribution >= 4 is 34.8 Å². The summed E-state index contributed by atoms with van der Waals surface area (Å²) >= 11 is 12.7. The minimum Gasteiger partial charge on any atom is -0.491 e. The Labute approximate surface area is 252 Å². The zero-order chi connectivity index (χ0) is 29.1. The third kappa shape index (κ3) is 6.66. The lowest BCUT2D eigenvalue weighted by Gasteiger charge is -2.35. The first-order valence-corrected chi connectivity index (χ1v) is 15.1. The molecule has 3 aromatic rings. The molecule has 1 amide bonds. The molecule has 0 aromatic heterocycles. The van der Waals surface area contributed by atoms with Gasteiger partial charge in [0.25, 0.3) is 5.91 Å². The van der Waals surface area contributed by atoms with Crippen molar-refractivity contribution in [2.45, 2.75) is 50.5 Å². The number of fused-ring (bicyclic) bond motifs is 2. The van der Waals surface area contributed by atoms with Gasteiger partial charge in [-0.1, -0.05) is 35.3 Å². The molecule has 0 radical (unpaired) electrons. The van der Waals surface area contributed by atoms with Crippen molar-refractivity contribution in [2.75, 3.05) is 44.7 Å². The average molecular weight is 599 g/mol. The fraction of sp³-hybridized carbons (Fsp3) is 0.424. The number of ether oxygens (including phenoxy) is 1. The van der Waals surface area contributed by atoms with Crippen LogP contribution in [0.2, 0.25) is 10.0 Å². The Morgan fingerprint density at radius 3 is 2.59 bits per heavy atom. The normalized spacial score (nSPS) is 16.6. The van der Waals surface area contributed by atoms with Gasteiger partial charge in [-0.3, -0.25) is 4.79 Å². The maximum Gasteiger partial charge on any atom is 0.253 e. The number of nitrogens with zero attached hydrogens (tertiary/aromatic N) is 2. The fourth-order valence-corrected chi connectivity index (χ4v) is 6.63. The summed E-state index contributed by atoms with van der Waals surface area (Å²) in [6.07, 6.45) is 2.80. The number of likely N-dealkylation sites (N-methyl/N-ethyl adjacent to an activating group) is 1. The quantitative estimate of drug-likeness (QED) is 0.281. The van der Waals surface area contributed by atoms with Crippen molar-refractivity contribution in [1.82, 2.24) is 10.2 Å². The van der Waals surface area contributed by atoms with E-state index in [1.807, 2.05) is 63.4 Å². The maximum atomic E-state index is 14.4. The summed E-state index contributed by atoms with van der Waals surface area (Å²) < 4.78 is 20.2. The Bertz CT molecular complexity index is 1390. The number of anilines is 1. The van der Waals surface area contributed by atoms with E-state index in [-0.39, 0.29) is 29.2 Å². The second-order valence-electron chi connectivity index (χ2n) is 11.7. The van der Waals surface area contributed by atoms with Crippen LogP contribution in [-0.2, 0) is 5.41 Å². The van der Waals surface area contributed by atoms with Crippen LogP contribution in [0.4, 0.5) is 10.1 Å². The number of hydrogen-bond donors (Lipinski definition) is 1. The zero-order valence-corrected chi connectivity index (χ0v) is 25.4. The number of carbonyl (C=O) groups excluding carboxylic acids is 1. The summed E-state index contributed by atoms with van der Waals surface area (Å²) in [5.41, 5.74) is 3.83. The highest BCUT2D eigenvalue weighted by Crippen LogP contribution is 2.46. The number of nitrogens with one attached hydrogen (secondary N) is 1. The van der Waals surface area contributed by atoms with Crippen LogP contribution in [0.25, 0.3) is 0 Å². The summed E-state index contributed by atoms with van der Waals surface area (Å²) in [4.78, 5) is 17.7. The highest BCUT2D eigenvalue weighted by Gasteiger charge is 2.43. The summed E-state index contributed by atoms with van der Waals surface area (Å²) in [6, 6.07) is 18.3. The lowest BCUT2D eigenvalue weighted by atomic mass is 9.75. The Balaban J connectivity index is 1.37. The van der Waals surface area contributed by atoms with Gasteiger partial charge in [0.1, 0.15) is 11.6 Å². The van der Waals surface area contributed by atoms with Crippen LogP contribution in [0.5, 0.6) is 5.75 Å². The number of hydrogen-bond acceptors (Lipinski definition) is 4. The van der Waals surface area contributed by atoms with Crippen LogP contribution in [0.3, 0.4) is 0 Å². The molecule has 1 fully saturated rings. The molecule has 3 aromatic carbocycles. The largest absolute Gasteiger partial charge is 0.491 e. The number of carbonyl (C=O) groups is 1. The predicted molar refractivity (Wildman–Crippen MR) is 165 cm³/mol. The first-order chi connectivity index (χ1) is 19.6. The predicted octanol–water partition coefficient (Wildman–Crippen LogP) is 7.31. The van der Waals surface area contributed by atoms with Crippen molar-refractivity contribution in [3.63, 3.8) is 0 Å². The summed E-state index contributed by atoms with van der Waals surface area (Å²) in [5, 5.41) is 4.46. The Kier molecular flexibility index (Phi) is 9.12. The number of halogens is 3. The Morgan fingerprint density at radius 2 is 1.85 bits per heavy atom. The topological polar surface area (TPSA) is 44.8 Å². The average Bonchev–Trinajstić information content (AvgIpc) is 3.23. The van der Waals surface area contributed by atoms with Gasteiger partial charge in [-0.15, -0.1) is 0 Å². The molecule has 1 spiro atoms. The molecular formula is C33H38Cl2FN3O2. The Hall–Kier alpha value is -2.80. The molecule has 1 N–H and O–H groups in total. The van der Waals surface area contributed by atoms with E-state index in [1.165, 1.54) is 0 Å². The fourth-order valence-electron chi connectivity index (χ4n) is 6.33. The van der Waals surface area contributed by atoms with E-state index in [4.69, 9.17) is 27.9 Å². The van der Waals surface area contributed by atoms with E-state index < -0.39 is 0 Å². The second-order valence-corrected chi connectivity index (χ2v) is 12.5. The summed E-state index contributed by atoms with van der Waals surface area (Å²) in [6.45, 7) is 7.95. The van der Waals surface area contributed by atoms with Gasteiger partial charge in [0.15, 0.2) is 0 Å². The third-order valence-corrected chi connectivity index (χ3v) is 9.12. The van der Waals surface area contributed by atoms with Crippen LogP contribution in [0, 0.1) is 5.82 Å². The molecule has 41 heavy (non-hydrogen) atoms. The number of amides is 1. The molecule has 8 heteroatoms. The monoisotopic (exact) mass is 597 g/mol. The Morgan fingerprint density at radius 1 is 1.07 bits per heavy atom. The molecule has 0 saturated carbocycles. The van der Waals surface area contributed by atoms with E-state index in [0.717, 1.165) is 62.3 Å². The molecule has 0 aliphatic carbocycles. The van der Waals surface area contributed by atoms with Crippen molar-refractivity contribution < 1.29 is 13.9 Å². The first-order valence-electron chi connectivity index (χ1n) is 14.4. The van der Waals surface area contributed by atoms with Crippen molar-refractivity contribution in [2.24, 2.45) is 0 Å². The summed E-state index contributed by atoms with van der Waals surface area (Å²) in [5.74, 6) is 0.443. The van der Waals surface area contributed by atoms with E-state index in [2.05, 4.69) is 10.2 Å². The van der Waals surface area contributed by atoms with Crippen LogP contribution in [0.1, 0.15) is 60.5 Å². The molecule has 0 unspecified atom stereocenters. The lowest BCUT2D eigenvalue weighted by Crippen LogP contribution is -2.43. The molecule has 1 saturated heterocycles. The van der Waals surface area contributed by atoms with Crippen molar-refractivity contribution in [1.29, 1.82) is 0 Å². The zero-order valence-electron chi connectivity index (χ0n) is 23.9. The van der Waals surface area contributed by atoms with Gasteiger partial charge in [0.05, 0.1) is 16.1 Å². The van der Waals surface area contributed by atoms with Crippen molar-refractivity contribution in [3.05, 3.63) is 93.2 Å². The van der Waals surface area contributed by atoms with E-state index in [0.29, 0.717) is 27.9 Å². The van der Waals surface area contributed by atoms with Gasteiger partial charge in [0.2, 0.25) is 0 Å². The van der Waals surface area contributed by atoms with Crippen LogP contribution < -0.4 is 15.0 Å². The van der Waals surface area contributed by atoms with E-state index in [1.54, 1.807) is 23.1 Å².